The van der Waals surface area contributed by atoms with Gasteiger partial charge in [0.25, 0.3) is 0 Å². The zero-order chi connectivity index (χ0) is 12.0. The van der Waals surface area contributed by atoms with Gasteiger partial charge in [-0.25, -0.2) is 4.39 Å². The second-order valence-corrected chi connectivity index (χ2v) is 3.62. The molecule has 0 saturated heterocycles. The van der Waals surface area contributed by atoms with Crippen LogP contribution in [-0.4, -0.2) is 25.4 Å². The molecular weight excluding hydrogens is 209 g/mol. The van der Waals surface area contributed by atoms with Crippen LogP contribution < -0.4 is 10.1 Å². The van der Waals surface area contributed by atoms with E-state index in [2.05, 4.69) is 5.32 Å². The van der Waals surface area contributed by atoms with Crippen LogP contribution in [0.15, 0.2) is 18.2 Å². The number of hydrogen-bond acceptors (Lipinski definition) is 3. The van der Waals surface area contributed by atoms with E-state index in [4.69, 9.17) is 9.84 Å². The summed E-state index contributed by atoms with van der Waals surface area (Å²) in [6.07, 6.45) is 0.546. The number of benzene rings is 1. The second kappa shape index (κ2) is 6.45. The lowest BCUT2D eigenvalue weighted by molar-refractivity contribution is 0.231. The number of nitrogens with one attached hydrogen (secondary N) is 1. The highest BCUT2D eigenvalue weighted by Crippen LogP contribution is 2.25. The molecule has 0 aromatic heterocycles. The molecule has 0 saturated carbocycles. The van der Waals surface area contributed by atoms with E-state index in [1.54, 1.807) is 6.07 Å². The summed E-state index contributed by atoms with van der Waals surface area (Å²) in [6.45, 7) is 2.45. The van der Waals surface area contributed by atoms with E-state index < -0.39 is 0 Å². The van der Waals surface area contributed by atoms with Crippen molar-refractivity contribution >= 4 is 0 Å². The maximum Gasteiger partial charge on any atom is 0.126 e. The van der Waals surface area contributed by atoms with Crippen molar-refractivity contribution in [1.29, 1.82) is 0 Å². The van der Waals surface area contributed by atoms with E-state index in [-0.39, 0.29) is 18.5 Å². The lowest BCUT2D eigenvalue weighted by atomic mass is 10.1. The molecule has 90 valence electrons. The Balaban J connectivity index is 2.81. The fraction of sp³-hybridized carbons (Fsp3) is 0.500. The minimum atomic E-state index is -0.314. The molecule has 1 unspecified atom stereocenters. The average molecular weight is 227 g/mol. The van der Waals surface area contributed by atoms with Crippen molar-refractivity contribution in [2.45, 2.75) is 19.4 Å². The summed E-state index contributed by atoms with van der Waals surface area (Å²) in [5, 5.41) is 11.7. The Morgan fingerprint density at radius 2 is 2.25 bits per heavy atom. The molecule has 1 rings (SSSR count). The van der Waals surface area contributed by atoms with E-state index in [0.29, 0.717) is 18.8 Å². The Morgan fingerprint density at radius 1 is 1.50 bits per heavy atom. The molecule has 0 aliphatic rings. The molecule has 1 aromatic rings. The van der Waals surface area contributed by atoms with Gasteiger partial charge in [0.15, 0.2) is 0 Å². The number of aliphatic hydroxyl groups excluding tert-OH is 1. The molecule has 0 aliphatic heterocycles. The fourth-order valence-electron chi connectivity index (χ4n) is 1.39. The van der Waals surface area contributed by atoms with Crippen molar-refractivity contribution in [2.24, 2.45) is 0 Å². The molecule has 4 heteroatoms. The third kappa shape index (κ3) is 3.47. The van der Waals surface area contributed by atoms with E-state index in [1.807, 2.05) is 14.0 Å². The van der Waals surface area contributed by atoms with E-state index >= 15 is 0 Å². The standard InChI is InChI=1S/C12H18FNO2/c1-9(14-2)11-5-4-10(13)8-12(11)16-7-3-6-15/h4-5,8-9,14-15H,3,6-7H2,1-2H3. The average Bonchev–Trinajstić information content (AvgIpc) is 2.29. The third-order valence-electron chi connectivity index (χ3n) is 2.44. The molecule has 0 bridgehead atoms. The number of hydrogen-bond donors (Lipinski definition) is 2. The van der Waals surface area contributed by atoms with Crippen molar-refractivity contribution in [1.82, 2.24) is 5.32 Å². The molecule has 0 amide bonds. The Hall–Kier alpha value is -1.13. The zero-order valence-corrected chi connectivity index (χ0v) is 9.66. The largest absolute Gasteiger partial charge is 0.493 e. The normalized spacial score (nSPS) is 12.5. The smallest absolute Gasteiger partial charge is 0.126 e. The van der Waals surface area contributed by atoms with Crippen LogP contribution in [0.2, 0.25) is 0 Å². The van der Waals surface area contributed by atoms with Crippen LogP contribution in [-0.2, 0) is 0 Å². The summed E-state index contributed by atoms with van der Waals surface area (Å²) in [7, 11) is 1.84. The second-order valence-electron chi connectivity index (χ2n) is 3.62. The molecule has 2 N–H and O–H groups in total. The summed E-state index contributed by atoms with van der Waals surface area (Å²) in [4.78, 5) is 0. The van der Waals surface area contributed by atoms with Crippen LogP contribution in [0.4, 0.5) is 4.39 Å². The summed E-state index contributed by atoms with van der Waals surface area (Å²) in [5.74, 6) is 0.223. The first kappa shape index (κ1) is 12.9. The SMILES string of the molecule is CNC(C)c1ccc(F)cc1OCCCO. The van der Waals surface area contributed by atoms with Crippen LogP contribution in [0, 0.1) is 5.82 Å². The number of rotatable bonds is 6. The van der Waals surface area contributed by atoms with Gasteiger partial charge < -0.3 is 15.2 Å². The quantitative estimate of drug-likeness (QED) is 0.729. The molecule has 16 heavy (non-hydrogen) atoms. The summed E-state index contributed by atoms with van der Waals surface area (Å²) < 4.78 is 18.5. The van der Waals surface area contributed by atoms with Gasteiger partial charge in [-0.15, -0.1) is 0 Å². The predicted octanol–water partition coefficient (Wildman–Crippen LogP) is 1.87. The van der Waals surface area contributed by atoms with Crippen LogP contribution >= 0.6 is 0 Å². The van der Waals surface area contributed by atoms with Gasteiger partial charge in [0.1, 0.15) is 11.6 Å². The lowest BCUT2D eigenvalue weighted by Crippen LogP contribution is -2.14. The van der Waals surface area contributed by atoms with Crippen molar-refractivity contribution in [3.63, 3.8) is 0 Å². The van der Waals surface area contributed by atoms with E-state index in [0.717, 1.165) is 5.56 Å². The minimum Gasteiger partial charge on any atom is -0.493 e. The summed E-state index contributed by atoms with van der Waals surface area (Å²) in [5.41, 5.74) is 0.918. The summed E-state index contributed by atoms with van der Waals surface area (Å²) >= 11 is 0. The van der Waals surface area contributed by atoms with Crippen LogP contribution in [0.1, 0.15) is 24.9 Å². The highest BCUT2D eigenvalue weighted by atomic mass is 19.1. The number of aliphatic hydroxyl groups is 1. The lowest BCUT2D eigenvalue weighted by Gasteiger charge is -2.16. The molecule has 3 nitrogen and oxygen atoms in total. The van der Waals surface area contributed by atoms with Gasteiger partial charge in [-0.1, -0.05) is 6.07 Å². The fourth-order valence-corrected chi connectivity index (χ4v) is 1.39. The Labute approximate surface area is 95.2 Å². The van der Waals surface area contributed by atoms with Gasteiger partial charge in [0.05, 0.1) is 6.61 Å². The van der Waals surface area contributed by atoms with Gasteiger partial charge >= 0.3 is 0 Å². The third-order valence-corrected chi connectivity index (χ3v) is 2.44. The molecular formula is C12H18FNO2. The van der Waals surface area contributed by atoms with Crippen LogP contribution in [0.5, 0.6) is 5.75 Å². The molecule has 0 aliphatic carbocycles. The van der Waals surface area contributed by atoms with Gasteiger partial charge in [-0.2, -0.15) is 0 Å². The first-order valence-corrected chi connectivity index (χ1v) is 5.39. The predicted molar refractivity (Wildman–Crippen MR) is 61.1 cm³/mol. The van der Waals surface area contributed by atoms with Crippen molar-refractivity contribution < 1.29 is 14.2 Å². The molecule has 0 fully saturated rings. The Morgan fingerprint density at radius 3 is 2.88 bits per heavy atom. The molecule has 0 heterocycles. The first-order chi connectivity index (χ1) is 7.69. The van der Waals surface area contributed by atoms with Crippen molar-refractivity contribution in [2.75, 3.05) is 20.3 Å². The van der Waals surface area contributed by atoms with Crippen molar-refractivity contribution in [3.05, 3.63) is 29.6 Å². The highest BCUT2D eigenvalue weighted by Gasteiger charge is 2.10. The number of halogens is 1. The maximum atomic E-state index is 13.1. The molecule has 0 spiro atoms. The van der Waals surface area contributed by atoms with Crippen LogP contribution in [0.3, 0.4) is 0 Å². The van der Waals surface area contributed by atoms with Crippen LogP contribution in [0.25, 0.3) is 0 Å². The monoisotopic (exact) mass is 227 g/mol. The Bertz CT molecular complexity index is 331. The molecule has 0 radical (unpaired) electrons. The van der Waals surface area contributed by atoms with Gasteiger partial charge in [-0.3, -0.25) is 0 Å². The summed E-state index contributed by atoms with van der Waals surface area (Å²) in [6, 6.07) is 4.61. The topological polar surface area (TPSA) is 41.5 Å². The van der Waals surface area contributed by atoms with Crippen molar-refractivity contribution in [3.8, 4) is 5.75 Å². The van der Waals surface area contributed by atoms with Gasteiger partial charge in [-0.05, 0) is 20.0 Å². The minimum absolute atomic E-state index is 0.0756. The number of ether oxygens (including phenoxy) is 1. The van der Waals surface area contributed by atoms with E-state index in [1.165, 1.54) is 12.1 Å². The molecule has 1 atom stereocenters. The Kier molecular flexibility index (Phi) is 5.22. The van der Waals surface area contributed by atoms with E-state index in [9.17, 15) is 4.39 Å². The van der Waals surface area contributed by atoms with Gasteiger partial charge in [0.2, 0.25) is 0 Å². The zero-order valence-electron chi connectivity index (χ0n) is 9.66. The first-order valence-electron chi connectivity index (χ1n) is 5.39. The van der Waals surface area contributed by atoms with Gasteiger partial charge in [0, 0.05) is 30.7 Å². The molecule has 1 aromatic carbocycles. The highest BCUT2D eigenvalue weighted by molar-refractivity contribution is 5.36. The maximum absolute atomic E-state index is 13.1.